The zero-order valence-electron chi connectivity index (χ0n) is 9.15. The lowest BCUT2D eigenvalue weighted by Crippen LogP contribution is -2.21. The minimum Gasteiger partial charge on any atom is -0.399 e. The van der Waals surface area contributed by atoms with E-state index in [0.717, 1.165) is 12.0 Å². The third-order valence-corrected chi connectivity index (χ3v) is 2.01. The van der Waals surface area contributed by atoms with Crippen LogP contribution < -0.4 is 11.1 Å². The Bertz CT molecular complexity index is 379. The van der Waals surface area contributed by atoms with E-state index in [-0.39, 0.29) is 5.91 Å². The molecular formula is C13H16N2O. The molecule has 0 fully saturated rings. The molecule has 0 aliphatic heterocycles. The van der Waals surface area contributed by atoms with Crippen LogP contribution in [0.5, 0.6) is 0 Å². The van der Waals surface area contributed by atoms with Crippen LogP contribution in [0.25, 0.3) is 6.08 Å². The van der Waals surface area contributed by atoms with Crippen molar-refractivity contribution in [1.29, 1.82) is 0 Å². The van der Waals surface area contributed by atoms with Gasteiger partial charge in [0.25, 0.3) is 0 Å². The number of hydrogen-bond donors (Lipinski definition) is 2. The van der Waals surface area contributed by atoms with Crippen molar-refractivity contribution < 1.29 is 4.79 Å². The highest BCUT2D eigenvalue weighted by atomic mass is 16.1. The van der Waals surface area contributed by atoms with Crippen LogP contribution in [0.4, 0.5) is 5.69 Å². The Kier molecular flexibility index (Phi) is 4.86. The molecule has 1 aromatic carbocycles. The smallest absolute Gasteiger partial charge is 0.244 e. The Morgan fingerprint density at radius 2 is 2.06 bits per heavy atom. The Hall–Kier alpha value is -2.03. The van der Waals surface area contributed by atoms with E-state index in [4.69, 9.17) is 5.73 Å². The van der Waals surface area contributed by atoms with E-state index in [1.807, 2.05) is 12.1 Å². The highest BCUT2D eigenvalue weighted by Crippen LogP contribution is 2.06. The number of carbonyl (C=O) groups excluding carboxylic acids is 1. The fourth-order valence-electron chi connectivity index (χ4n) is 1.14. The van der Waals surface area contributed by atoms with Crippen LogP contribution in [0.1, 0.15) is 12.0 Å². The van der Waals surface area contributed by atoms with Gasteiger partial charge in [0, 0.05) is 18.3 Å². The lowest BCUT2D eigenvalue weighted by atomic mass is 10.2. The van der Waals surface area contributed by atoms with Crippen molar-refractivity contribution in [3.05, 3.63) is 48.6 Å². The normalized spacial score (nSPS) is 10.2. The molecule has 0 bridgehead atoms. The van der Waals surface area contributed by atoms with E-state index in [9.17, 15) is 4.79 Å². The van der Waals surface area contributed by atoms with Crippen molar-refractivity contribution in [2.75, 3.05) is 12.3 Å². The van der Waals surface area contributed by atoms with Gasteiger partial charge >= 0.3 is 0 Å². The number of nitrogens with two attached hydrogens (primary N) is 1. The standard InChI is InChI=1S/C13H16N2O/c1-2-3-10-15-13(16)9-6-11-4-7-12(14)8-5-11/h2,4-9H,1,3,10,14H2,(H,15,16)/b9-6+. The van der Waals surface area contributed by atoms with Crippen molar-refractivity contribution in [1.82, 2.24) is 5.32 Å². The molecule has 16 heavy (non-hydrogen) atoms. The maximum Gasteiger partial charge on any atom is 0.244 e. The highest BCUT2D eigenvalue weighted by Gasteiger charge is 1.93. The average molecular weight is 216 g/mol. The second kappa shape index (κ2) is 6.45. The Balaban J connectivity index is 2.43. The molecular weight excluding hydrogens is 200 g/mol. The molecule has 0 aliphatic rings. The summed E-state index contributed by atoms with van der Waals surface area (Å²) in [5.41, 5.74) is 7.22. The summed E-state index contributed by atoms with van der Waals surface area (Å²) in [7, 11) is 0. The van der Waals surface area contributed by atoms with Gasteiger partial charge in [-0.1, -0.05) is 18.2 Å². The summed E-state index contributed by atoms with van der Waals surface area (Å²) in [6.45, 7) is 4.20. The Morgan fingerprint density at radius 1 is 1.38 bits per heavy atom. The minimum absolute atomic E-state index is 0.0984. The highest BCUT2D eigenvalue weighted by molar-refractivity contribution is 5.91. The van der Waals surface area contributed by atoms with Gasteiger partial charge in [0.1, 0.15) is 0 Å². The van der Waals surface area contributed by atoms with Crippen LogP contribution in [-0.2, 0) is 4.79 Å². The molecule has 0 aromatic heterocycles. The van der Waals surface area contributed by atoms with E-state index in [1.165, 1.54) is 6.08 Å². The maximum absolute atomic E-state index is 11.3. The third-order valence-electron chi connectivity index (χ3n) is 2.01. The van der Waals surface area contributed by atoms with Crippen LogP contribution in [0, 0.1) is 0 Å². The first-order valence-electron chi connectivity index (χ1n) is 5.14. The average Bonchev–Trinajstić information content (AvgIpc) is 2.29. The molecule has 84 valence electrons. The monoisotopic (exact) mass is 216 g/mol. The quantitative estimate of drug-likeness (QED) is 0.342. The van der Waals surface area contributed by atoms with E-state index < -0.39 is 0 Å². The zero-order valence-corrected chi connectivity index (χ0v) is 9.15. The van der Waals surface area contributed by atoms with Crippen molar-refractivity contribution in [3.8, 4) is 0 Å². The first kappa shape index (κ1) is 12.0. The van der Waals surface area contributed by atoms with Gasteiger partial charge in [0.05, 0.1) is 0 Å². The van der Waals surface area contributed by atoms with Gasteiger partial charge in [-0.25, -0.2) is 0 Å². The fraction of sp³-hybridized carbons (Fsp3) is 0.154. The van der Waals surface area contributed by atoms with E-state index >= 15 is 0 Å². The number of nitrogens with one attached hydrogen (secondary N) is 1. The fourth-order valence-corrected chi connectivity index (χ4v) is 1.14. The number of nitrogen functional groups attached to an aromatic ring is 1. The lowest BCUT2D eigenvalue weighted by Gasteiger charge is -1.98. The van der Waals surface area contributed by atoms with Crippen LogP contribution in [0.3, 0.4) is 0 Å². The number of rotatable bonds is 5. The third kappa shape index (κ3) is 4.46. The summed E-state index contributed by atoms with van der Waals surface area (Å²) in [4.78, 5) is 11.3. The molecule has 0 unspecified atom stereocenters. The summed E-state index contributed by atoms with van der Waals surface area (Å²) in [6, 6.07) is 7.33. The molecule has 1 rings (SSSR count). The molecule has 0 radical (unpaired) electrons. The molecule has 0 aliphatic carbocycles. The molecule has 0 spiro atoms. The molecule has 1 aromatic rings. The predicted octanol–water partition coefficient (Wildman–Crippen LogP) is 1.97. The van der Waals surface area contributed by atoms with Crippen molar-refractivity contribution in [2.45, 2.75) is 6.42 Å². The molecule has 0 atom stereocenters. The summed E-state index contributed by atoms with van der Waals surface area (Å²) in [5.74, 6) is -0.0984. The second-order valence-corrected chi connectivity index (χ2v) is 3.37. The van der Waals surface area contributed by atoms with Crippen molar-refractivity contribution in [3.63, 3.8) is 0 Å². The molecule has 3 N–H and O–H groups in total. The largest absolute Gasteiger partial charge is 0.399 e. The van der Waals surface area contributed by atoms with E-state index in [1.54, 1.807) is 24.3 Å². The van der Waals surface area contributed by atoms with Gasteiger partial charge < -0.3 is 11.1 Å². The van der Waals surface area contributed by atoms with Crippen LogP contribution in [0.15, 0.2) is 43.0 Å². The van der Waals surface area contributed by atoms with E-state index in [2.05, 4.69) is 11.9 Å². The SMILES string of the molecule is C=CCCNC(=O)/C=C/c1ccc(N)cc1. The first-order valence-corrected chi connectivity index (χ1v) is 5.14. The molecule has 1 amide bonds. The predicted molar refractivity (Wildman–Crippen MR) is 67.7 cm³/mol. The van der Waals surface area contributed by atoms with Gasteiger partial charge in [-0.3, -0.25) is 4.79 Å². The number of carbonyl (C=O) groups is 1. The summed E-state index contributed by atoms with van der Waals surface area (Å²) >= 11 is 0. The van der Waals surface area contributed by atoms with Gasteiger partial charge in [-0.2, -0.15) is 0 Å². The van der Waals surface area contributed by atoms with Crippen LogP contribution >= 0.6 is 0 Å². The van der Waals surface area contributed by atoms with Crippen molar-refractivity contribution in [2.24, 2.45) is 0 Å². The minimum atomic E-state index is -0.0984. The van der Waals surface area contributed by atoms with E-state index in [0.29, 0.717) is 12.2 Å². The van der Waals surface area contributed by atoms with Gasteiger partial charge in [0.2, 0.25) is 5.91 Å². The lowest BCUT2D eigenvalue weighted by molar-refractivity contribution is -0.116. The number of amides is 1. The Labute approximate surface area is 95.7 Å². The molecule has 0 saturated heterocycles. The number of benzene rings is 1. The molecule has 3 heteroatoms. The first-order chi connectivity index (χ1) is 7.72. The van der Waals surface area contributed by atoms with Gasteiger partial charge in [0.15, 0.2) is 0 Å². The second-order valence-electron chi connectivity index (χ2n) is 3.37. The summed E-state index contributed by atoms with van der Waals surface area (Å²) in [6.07, 6.45) is 5.81. The van der Waals surface area contributed by atoms with Gasteiger partial charge in [-0.15, -0.1) is 6.58 Å². The molecule has 3 nitrogen and oxygen atoms in total. The topological polar surface area (TPSA) is 55.1 Å². The summed E-state index contributed by atoms with van der Waals surface area (Å²) in [5, 5.41) is 2.74. The van der Waals surface area contributed by atoms with Crippen molar-refractivity contribution >= 4 is 17.7 Å². The number of hydrogen-bond acceptors (Lipinski definition) is 2. The summed E-state index contributed by atoms with van der Waals surface area (Å²) < 4.78 is 0. The molecule has 0 heterocycles. The van der Waals surface area contributed by atoms with Crippen LogP contribution in [0.2, 0.25) is 0 Å². The van der Waals surface area contributed by atoms with Crippen LogP contribution in [-0.4, -0.2) is 12.5 Å². The molecule has 0 saturated carbocycles. The Morgan fingerprint density at radius 3 is 2.69 bits per heavy atom. The zero-order chi connectivity index (χ0) is 11.8. The number of anilines is 1. The van der Waals surface area contributed by atoms with Gasteiger partial charge in [-0.05, 0) is 30.2 Å². The maximum atomic E-state index is 11.3.